The second kappa shape index (κ2) is 4.91. The Bertz CT molecular complexity index is 637. The van der Waals surface area contributed by atoms with Gasteiger partial charge in [-0.05, 0) is 19.9 Å². The van der Waals surface area contributed by atoms with Gasteiger partial charge in [-0.1, -0.05) is 0 Å². The molecule has 0 atom stereocenters. The highest BCUT2D eigenvalue weighted by Gasteiger charge is 2.12. The Morgan fingerprint density at radius 3 is 2.28 bits per heavy atom. The number of anilines is 2. The number of nitrogens with one attached hydrogen (secondary N) is 1. The lowest BCUT2D eigenvalue weighted by molar-refractivity contribution is -0.112. The van der Waals surface area contributed by atoms with Gasteiger partial charge in [0.25, 0.3) is 5.56 Å². The first kappa shape index (κ1) is 13.8. The molecule has 0 unspecified atom stereocenters. The summed E-state index contributed by atoms with van der Waals surface area (Å²) >= 11 is 0. The molecule has 0 fully saturated rings. The van der Waals surface area contributed by atoms with Crippen molar-refractivity contribution in [3.8, 4) is 0 Å². The number of carbonyl (C=O) groups is 1. The molecule has 98 valence electrons. The number of nitrogens with two attached hydrogens (primary N) is 1. The maximum absolute atomic E-state index is 11.9. The minimum absolute atomic E-state index is 0.0272. The van der Waals surface area contributed by atoms with Crippen LogP contribution in [0.2, 0.25) is 0 Å². The summed E-state index contributed by atoms with van der Waals surface area (Å²) in [5.74, 6) is -0.125. The Kier molecular flexibility index (Phi) is 3.75. The zero-order valence-corrected chi connectivity index (χ0v) is 10.8. The van der Waals surface area contributed by atoms with E-state index in [-0.39, 0.29) is 17.3 Å². The predicted octanol–water partition coefficient (Wildman–Crippen LogP) is -0.429. The zero-order chi connectivity index (χ0) is 14.0. The highest BCUT2D eigenvalue weighted by molar-refractivity contribution is 5.88. The molecule has 18 heavy (non-hydrogen) atoms. The number of hydrogen-bond acceptors (Lipinski definition) is 5. The average molecular weight is 252 g/mol. The number of allylic oxidation sites excluding steroid dienone is 2. The van der Waals surface area contributed by atoms with E-state index in [4.69, 9.17) is 5.73 Å². The van der Waals surface area contributed by atoms with E-state index in [1.165, 1.54) is 27.1 Å². The van der Waals surface area contributed by atoms with E-state index in [0.717, 1.165) is 9.13 Å². The van der Waals surface area contributed by atoms with Gasteiger partial charge in [-0.3, -0.25) is 18.7 Å². The van der Waals surface area contributed by atoms with Crippen molar-refractivity contribution in [2.24, 2.45) is 14.1 Å². The van der Waals surface area contributed by atoms with Crippen molar-refractivity contribution in [1.29, 1.82) is 0 Å². The summed E-state index contributed by atoms with van der Waals surface area (Å²) < 4.78 is 2.10. The van der Waals surface area contributed by atoms with E-state index >= 15 is 0 Å². The Morgan fingerprint density at radius 2 is 1.78 bits per heavy atom. The fourth-order valence-electron chi connectivity index (χ4n) is 1.52. The van der Waals surface area contributed by atoms with Gasteiger partial charge in [0.15, 0.2) is 5.78 Å². The third-order valence-electron chi connectivity index (χ3n) is 2.45. The number of ketones is 1. The van der Waals surface area contributed by atoms with Crippen LogP contribution in [0.5, 0.6) is 0 Å². The molecule has 0 amide bonds. The third-order valence-corrected chi connectivity index (χ3v) is 2.45. The molecular formula is C11H16N4O3. The van der Waals surface area contributed by atoms with E-state index in [0.29, 0.717) is 5.70 Å². The van der Waals surface area contributed by atoms with Crippen LogP contribution in [0.25, 0.3) is 0 Å². The lowest BCUT2D eigenvalue weighted by Gasteiger charge is -2.13. The van der Waals surface area contributed by atoms with Gasteiger partial charge >= 0.3 is 5.69 Å². The van der Waals surface area contributed by atoms with E-state index in [1.807, 2.05) is 0 Å². The second-order valence-corrected chi connectivity index (χ2v) is 4.03. The van der Waals surface area contributed by atoms with Gasteiger partial charge in [-0.2, -0.15) is 0 Å². The molecule has 1 aromatic heterocycles. The molecule has 1 aromatic rings. The predicted molar refractivity (Wildman–Crippen MR) is 69.4 cm³/mol. The Labute approximate surface area is 104 Å². The highest BCUT2D eigenvalue weighted by Crippen LogP contribution is 2.11. The molecule has 0 aliphatic carbocycles. The monoisotopic (exact) mass is 252 g/mol. The molecule has 0 aliphatic rings. The molecule has 7 nitrogen and oxygen atoms in total. The highest BCUT2D eigenvalue weighted by atomic mass is 16.2. The van der Waals surface area contributed by atoms with Crippen LogP contribution in [-0.2, 0) is 18.9 Å². The number of carbonyl (C=O) groups excluding carboxylic acids is 1. The minimum Gasteiger partial charge on any atom is -0.383 e. The molecule has 0 bridgehead atoms. The van der Waals surface area contributed by atoms with Crippen molar-refractivity contribution in [3.63, 3.8) is 0 Å². The topological polar surface area (TPSA) is 99.1 Å². The van der Waals surface area contributed by atoms with Crippen molar-refractivity contribution >= 4 is 17.3 Å². The first-order valence-corrected chi connectivity index (χ1v) is 5.27. The summed E-state index contributed by atoms with van der Waals surface area (Å²) in [6.45, 7) is 3.03. The molecule has 7 heteroatoms. The number of rotatable bonds is 3. The quantitative estimate of drug-likeness (QED) is 0.711. The molecule has 0 saturated carbocycles. The van der Waals surface area contributed by atoms with Gasteiger partial charge < -0.3 is 11.1 Å². The number of hydrogen-bond donors (Lipinski definition) is 2. The fourth-order valence-corrected chi connectivity index (χ4v) is 1.52. The van der Waals surface area contributed by atoms with Gasteiger partial charge in [0.2, 0.25) is 0 Å². The summed E-state index contributed by atoms with van der Waals surface area (Å²) in [6.07, 6.45) is 1.34. The summed E-state index contributed by atoms with van der Waals surface area (Å²) in [4.78, 5) is 34.4. The summed E-state index contributed by atoms with van der Waals surface area (Å²) in [5.41, 5.74) is 5.22. The molecule has 0 saturated heterocycles. The molecule has 3 N–H and O–H groups in total. The Hall–Kier alpha value is -2.31. The largest absolute Gasteiger partial charge is 0.383 e. The number of nitrogen functional groups attached to an aromatic ring is 1. The van der Waals surface area contributed by atoms with Gasteiger partial charge in [0.05, 0.1) is 0 Å². The molecular weight excluding hydrogens is 236 g/mol. The molecule has 1 heterocycles. The molecule has 0 radical (unpaired) electrons. The summed E-state index contributed by atoms with van der Waals surface area (Å²) in [5, 5.41) is 2.74. The van der Waals surface area contributed by atoms with E-state index in [9.17, 15) is 14.4 Å². The van der Waals surface area contributed by atoms with Crippen molar-refractivity contribution in [1.82, 2.24) is 9.13 Å². The summed E-state index contributed by atoms with van der Waals surface area (Å²) in [7, 11) is 2.83. The lowest BCUT2D eigenvalue weighted by atomic mass is 10.3. The molecule has 1 rings (SSSR count). The lowest BCUT2D eigenvalue weighted by Crippen LogP contribution is -2.39. The van der Waals surface area contributed by atoms with Gasteiger partial charge in [0.1, 0.15) is 11.5 Å². The third kappa shape index (κ3) is 2.50. The van der Waals surface area contributed by atoms with Crippen molar-refractivity contribution in [3.05, 3.63) is 32.6 Å². The van der Waals surface area contributed by atoms with Crippen LogP contribution >= 0.6 is 0 Å². The normalized spacial score (nSPS) is 11.4. The number of aromatic nitrogens is 2. The molecule has 0 aromatic carbocycles. The zero-order valence-electron chi connectivity index (χ0n) is 10.8. The van der Waals surface area contributed by atoms with Gasteiger partial charge in [0, 0.05) is 19.8 Å². The van der Waals surface area contributed by atoms with Gasteiger partial charge in [-0.25, -0.2) is 4.79 Å². The summed E-state index contributed by atoms with van der Waals surface area (Å²) in [6, 6.07) is 0. The van der Waals surface area contributed by atoms with Crippen LogP contribution in [0.3, 0.4) is 0 Å². The van der Waals surface area contributed by atoms with Crippen LogP contribution in [-0.4, -0.2) is 14.9 Å². The van der Waals surface area contributed by atoms with E-state index in [1.54, 1.807) is 6.92 Å². The Morgan fingerprint density at radius 1 is 1.22 bits per heavy atom. The fraction of sp³-hybridized carbons (Fsp3) is 0.364. The second-order valence-electron chi connectivity index (χ2n) is 4.03. The smallest absolute Gasteiger partial charge is 0.332 e. The van der Waals surface area contributed by atoms with Gasteiger partial charge in [-0.15, -0.1) is 0 Å². The van der Waals surface area contributed by atoms with Crippen molar-refractivity contribution < 1.29 is 4.79 Å². The molecule has 0 aliphatic heterocycles. The Balaban J connectivity index is 3.40. The van der Waals surface area contributed by atoms with Crippen LogP contribution < -0.4 is 22.3 Å². The van der Waals surface area contributed by atoms with Crippen molar-refractivity contribution in [2.45, 2.75) is 13.8 Å². The first-order chi connectivity index (χ1) is 8.25. The maximum atomic E-state index is 11.9. The average Bonchev–Trinajstić information content (AvgIpc) is 2.29. The van der Waals surface area contributed by atoms with Crippen molar-refractivity contribution in [2.75, 3.05) is 11.1 Å². The van der Waals surface area contributed by atoms with Crippen LogP contribution in [0, 0.1) is 0 Å². The minimum atomic E-state index is -0.535. The van der Waals surface area contributed by atoms with E-state index < -0.39 is 11.2 Å². The number of nitrogens with zero attached hydrogens (tertiary/aromatic N) is 2. The van der Waals surface area contributed by atoms with Crippen LogP contribution in [0.1, 0.15) is 13.8 Å². The maximum Gasteiger partial charge on any atom is 0.332 e. The molecule has 0 spiro atoms. The first-order valence-electron chi connectivity index (χ1n) is 5.27. The van der Waals surface area contributed by atoms with Crippen LogP contribution in [0.15, 0.2) is 21.4 Å². The van der Waals surface area contributed by atoms with Crippen LogP contribution in [0.4, 0.5) is 11.5 Å². The van der Waals surface area contributed by atoms with E-state index in [2.05, 4.69) is 5.32 Å². The SMILES string of the molecule is CC(=O)C=C(C)Nc1c(N)n(C)c(=O)n(C)c1=O. The standard InChI is InChI=1S/C11H16N4O3/c1-6(5-7(2)16)13-8-9(12)14(3)11(18)15(4)10(8)17/h5,13H,12H2,1-4H3.